The molecule has 226 valence electrons. The molecule has 1 saturated heterocycles. The Morgan fingerprint density at radius 3 is 2.02 bits per heavy atom. The van der Waals surface area contributed by atoms with Crippen LogP contribution in [0.25, 0.3) is 0 Å². The average molecular weight is 574 g/mol. The van der Waals surface area contributed by atoms with E-state index in [2.05, 4.69) is 20.9 Å². The van der Waals surface area contributed by atoms with Gasteiger partial charge in [0.2, 0.25) is 29.5 Å². The highest BCUT2D eigenvalue weighted by Gasteiger charge is 2.38. The summed E-state index contributed by atoms with van der Waals surface area (Å²) in [5, 5.41) is 35.0. The molecule has 0 aromatic carbocycles. The van der Waals surface area contributed by atoms with E-state index in [1.165, 1.54) is 0 Å². The lowest BCUT2D eigenvalue weighted by Gasteiger charge is -2.29. The zero-order chi connectivity index (χ0) is 30.4. The number of carbonyl (C=O) groups is 6. The van der Waals surface area contributed by atoms with Crippen molar-refractivity contribution in [1.29, 1.82) is 0 Å². The van der Waals surface area contributed by atoms with E-state index >= 15 is 0 Å². The SMILES string of the molecule is NC(=O)CC[C@H](NC(=O)[C@H](CCCN=C(N)N)NC(=O)[C@H](CO)NC(=O)[C@@H](N)CO)C(=O)N1CCC[C@H]1C(=O)O. The van der Waals surface area contributed by atoms with Crippen LogP contribution in [0.15, 0.2) is 4.99 Å². The Hall–Kier alpha value is -4.03. The van der Waals surface area contributed by atoms with Crippen LogP contribution >= 0.6 is 0 Å². The Labute approximate surface area is 229 Å². The number of nitrogens with two attached hydrogens (primary N) is 4. The fourth-order valence-corrected chi connectivity index (χ4v) is 3.90. The molecule has 0 bridgehead atoms. The number of aliphatic imine (C=N–C) groups is 1. The predicted octanol–water partition coefficient (Wildman–Crippen LogP) is -5.85. The molecule has 0 spiro atoms. The number of likely N-dealkylation sites (tertiary alicyclic amines) is 1. The molecule has 0 aliphatic carbocycles. The second kappa shape index (κ2) is 16.8. The Kier molecular flexibility index (Phi) is 14.3. The third kappa shape index (κ3) is 11.0. The van der Waals surface area contributed by atoms with Gasteiger partial charge in [-0.25, -0.2) is 4.79 Å². The number of aliphatic hydroxyl groups excluding tert-OH is 2. The first kappa shape index (κ1) is 34.0. The van der Waals surface area contributed by atoms with Crippen LogP contribution in [0.3, 0.4) is 0 Å². The number of carboxylic acid groups (broad SMARTS) is 1. The summed E-state index contributed by atoms with van der Waals surface area (Å²) in [4.78, 5) is 79.1. The number of hydrogen-bond acceptors (Lipinski definition) is 10. The minimum atomic E-state index is -1.54. The minimum Gasteiger partial charge on any atom is -0.480 e. The maximum Gasteiger partial charge on any atom is 0.326 e. The molecule has 1 aliphatic heterocycles. The molecule has 40 heavy (non-hydrogen) atoms. The summed E-state index contributed by atoms with van der Waals surface area (Å²) in [5.41, 5.74) is 21.2. The van der Waals surface area contributed by atoms with E-state index in [0.717, 1.165) is 4.90 Å². The monoisotopic (exact) mass is 573 g/mol. The van der Waals surface area contributed by atoms with E-state index in [0.29, 0.717) is 6.42 Å². The van der Waals surface area contributed by atoms with Crippen molar-refractivity contribution in [3.05, 3.63) is 0 Å². The van der Waals surface area contributed by atoms with Crippen molar-refractivity contribution in [1.82, 2.24) is 20.9 Å². The second-order valence-corrected chi connectivity index (χ2v) is 9.14. The van der Waals surface area contributed by atoms with Gasteiger partial charge in [-0.3, -0.25) is 29.0 Å². The van der Waals surface area contributed by atoms with Crippen LogP contribution in [0.2, 0.25) is 0 Å². The van der Waals surface area contributed by atoms with E-state index in [1.54, 1.807) is 0 Å². The first-order valence-electron chi connectivity index (χ1n) is 12.6. The number of aliphatic hydroxyl groups is 2. The van der Waals surface area contributed by atoms with Gasteiger partial charge in [-0.15, -0.1) is 0 Å². The van der Waals surface area contributed by atoms with E-state index in [1.807, 2.05) is 0 Å². The number of nitrogens with zero attached hydrogens (tertiary/aromatic N) is 2. The molecule has 1 aliphatic rings. The number of rotatable bonds is 17. The van der Waals surface area contributed by atoms with Gasteiger partial charge in [-0.1, -0.05) is 0 Å². The van der Waals surface area contributed by atoms with E-state index in [-0.39, 0.29) is 51.2 Å². The van der Waals surface area contributed by atoms with Gasteiger partial charge in [-0.05, 0) is 32.1 Å². The van der Waals surface area contributed by atoms with Crippen molar-refractivity contribution < 1.29 is 44.1 Å². The molecule has 1 fully saturated rings. The first-order chi connectivity index (χ1) is 18.8. The van der Waals surface area contributed by atoms with Gasteiger partial charge >= 0.3 is 5.97 Å². The molecule has 1 rings (SSSR count). The molecular weight excluding hydrogens is 534 g/mol. The molecule has 5 atom stereocenters. The maximum absolute atomic E-state index is 13.3. The van der Waals surface area contributed by atoms with Gasteiger partial charge in [0, 0.05) is 19.5 Å². The number of guanidine groups is 1. The highest BCUT2D eigenvalue weighted by Crippen LogP contribution is 2.19. The normalized spacial score (nSPS) is 17.6. The van der Waals surface area contributed by atoms with Crippen LogP contribution in [0.4, 0.5) is 0 Å². The van der Waals surface area contributed by atoms with Gasteiger partial charge in [0.1, 0.15) is 30.2 Å². The maximum atomic E-state index is 13.3. The first-order valence-corrected chi connectivity index (χ1v) is 12.6. The number of carboxylic acids is 1. The second-order valence-electron chi connectivity index (χ2n) is 9.14. The quantitative estimate of drug-likeness (QED) is 0.0442. The molecule has 18 nitrogen and oxygen atoms in total. The summed E-state index contributed by atoms with van der Waals surface area (Å²) in [6, 6.07) is -6.68. The van der Waals surface area contributed by atoms with E-state index in [9.17, 15) is 39.0 Å². The lowest BCUT2D eigenvalue weighted by molar-refractivity contribution is -0.149. The molecule has 1 heterocycles. The molecule has 0 aromatic heterocycles. The highest BCUT2D eigenvalue weighted by molar-refractivity contribution is 5.95. The van der Waals surface area contributed by atoms with E-state index in [4.69, 9.17) is 28.0 Å². The molecular formula is C22H39N9O9. The van der Waals surface area contributed by atoms with Crippen molar-refractivity contribution in [3.8, 4) is 0 Å². The van der Waals surface area contributed by atoms with Crippen LogP contribution in [0.5, 0.6) is 0 Å². The molecule has 14 N–H and O–H groups in total. The Bertz CT molecular complexity index is 958. The average Bonchev–Trinajstić information content (AvgIpc) is 3.40. The Morgan fingerprint density at radius 1 is 0.875 bits per heavy atom. The molecule has 0 saturated carbocycles. The van der Waals surface area contributed by atoms with Crippen molar-refractivity contribution in [2.75, 3.05) is 26.3 Å². The smallest absolute Gasteiger partial charge is 0.326 e. The van der Waals surface area contributed by atoms with E-state index < -0.39 is 78.9 Å². The molecule has 0 radical (unpaired) electrons. The number of aliphatic carboxylic acids is 1. The fraction of sp³-hybridized carbons (Fsp3) is 0.682. The summed E-state index contributed by atoms with van der Waals surface area (Å²) in [6.07, 6.45) is 0.231. The standard InChI is InChI=1S/C22H39N9O9/c23-11(9-32)17(35)30-14(10-33)19(37)28-12(3-1-7-27-22(25)26)18(36)29-13(5-6-16(24)34)20(38)31-8-2-4-15(31)21(39)40/h11-15,32-33H,1-10,23H2,(H2,24,34)(H,28,37)(H,29,36)(H,30,35)(H,39,40)(H4,25,26,27)/t11-,12-,13-,14-,15-/m0/s1. The van der Waals surface area contributed by atoms with Crippen LogP contribution in [-0.2, 0) is 28.8 Å². The Balaban J connectivity index is 3.13. The van der Waals surface area contributed by atoms with Crippen molar-refractivity contribution in [2.24, 2.45) is 27.9 Å². The van der Waals surface area contributed by atoms with Crippen molar-refractivity contribution in [2.45, 2.75) is 68.7 Å². The largest absolute Gasteiger partial charge is 0.480 e. The number of carbonyl (C=O) groups excluding carboxylic acids is 5. The summed E-state index contributed by atoms with van der Waals surface area (Å²) >= 11 is 0. The van der Waals surface area contributed by atoms with Crippen molar-refractivity contribution >= 4 is 41.5 Å². The number of hydrogen-bond donors (Lipinski definition) is 10. The minimum absolute atomic E-state index is 0.0607. The van der Waals surface area contributed by atoms with Gasteiger partial charge < -0.3 is 59.1 Å². The van der Waals surface area contributed by atoms with Crippen LogP contribution in [0.1, 0.15) is 38.5 Å². The summed E-state index contributed by atoms with van der Waals surface area (Å²) < 4.78 is 0. The van der Waals surface area contributed by atoms with Gasteiger partial charge in [-0.2, -0.15) is 0 Å². The zero-order valence-corrected chi connectivity index (χ0v) is 22.0. The van der Waals surface area contributed by atoms with Gasteiger partial charge in [0.25, 0.3) is 0 Å². The van der Waals surface area contributed by atoms with Crippen LogP contribution < -0.4 is 38.9 Å². The predicted molar refractivity (Wildman–Crippen MR) is 139 cm³/mol. The topological polar surface area (TPSA) is 319 Å². The van der Waals surface area contributed by atoms with Gasteiger partial charge in [0.15, 0.2) is 5.96 Å². The zero-order valence-electron chi connectivity index (χ0n) is 22.0. The summed E-state index contributed by atoms with van der Waals surface area (Å²) in [5.74, 6) is -5.69. The number of primary amides is 1. The lowest BCUT2D eigenvalue weighted by Crippen LogP contribution is -2.59. The highest BCUT2D eigenvalue weighted by atomic mass is 16.4. The molecule has 18 heteroatoms. The Morgan fingerprint density at radius 2 is 1.48 bits per heavy atom. The van der Waals surface area contributed by atoms with Gasteiger partial charge in [0.05, 0.1) is 13.2 Å². The lowest BCUT2D eigenvalue weighted by atomic mass is 10.1. The molecule has 0 aromatic rings. The molecule has 0 unspecified atom stereocenters. The van der Waals surface area contributed by atoms with Crippen LogP contribution in [-0.4, -0.2) is 118 Å². The third-order valence-electron chi connectivity index (χ3n) is 6.04. The third-order valence-corrected chi connectivity index (χ3v) is 6.04. The number of nitrogens with one attached hydrogen (secondary N) is 3. The fourth-order valence-electron chi connectivity index (χ4n) is 3.90. The van der Waals surface area contributed by atoms with Crippen LogP contribution in [0, 0.1) is 0 Å². The summed E-state index contributed by atoms with van der Waals surface area (Å²) in [6.45, 7) is -1.39. The summed E-state index contributed by atoms with van der Waals surface area (Å²) in [7, 11) is 0. The van der Waals surface area contributed by atoms with Crippen molar-refractivity contribution in [3.63, 3.8) is 0 Å². The number of amides is 5. The molecule has 5 amide bonds.